The molecule has 0 aliphatic heterocycles. The minimum atomic E-state index is -3.59. The minimum absolute atomic E-state index is 0.226. The van der Waals surface area contributed by atoms with Crippen LogP contribution < -0.4 is 0 Å². The number of carbonyl (C=O) groups is 2. The largest absolute Gasteiger partial charge is 0.441 e. The fourth-order valence-electron chi connectivity index (χ4n) is 0.788. The molecule has 0 radical (unpaired) electrons. The van der Waals surface area contributed by atoms with E-state index in [0.717, 1.165) is 6.92 Å². The van der Waals surface area contributed by atoms with Gasteiger partial charge in [0.1, 0.15) is 0 Å². The highest BCUT2D eigenvalue weighted by molar-refractivity contribution is 7.91. The van der Waals surface area contributed by atoms with Crippen LogP contribution in [0.2, 0.25) is 0 Å². The summed E-state index contributed by atoms with van der Waals surface area (Å²) < 4.78 is 27.1. The monoisotopic (exact) mass is 285 g/mol. The number of halogens is 1. The maximum Gasteiger partial charge on any atom is 0.365 e. The molecule has 98 valence electrons. The second-order valence-electron chi connectivity index (χ2n) is 2.93. The molecule has 17 heavy (non-hydrogen) atoms. The van der Waals surface area contributed by atoms with Crippen molar-refractivity contribution in [3.05, 3.63) is 0 Å². The Labute approximate surface area is 103 Å². The van der Waals surface area contributed by atoms with Crippen LogP contribution in [0.15, 0.2) is 5.16 Å². The van der Waals surface area contributed by atoms with Crippen LogP contribution in [-0.4, -0.2) is 48.2 Å². The molecule has 0 fully saturated rings. The van der Waals surface area contributed by atoms with E-state index < -0.39 is 38.6 Å². The highest BCUT2D eigenvalue weighted by atomic mass is 35.5. The van der Waals surface area contributed by atoms with Gasteiger partial charge in [0.15, 0.2) is 15.3 Å². The molecule has 1 N–H and O–H groups in total. The molecule has 0 aromatic rings. The fourth-order valence-corrected chi connectivity index (χ4v) is 1.62. The van der Waals surface area contributed by atoms with Crippen molar-refractivity contribution in [2.24, 2.45) is 5.16 Å². The van der Waals surface area contributed by atoms with Gasteiger partial charge >= 0.3 is 5.97 Å². The number of hydrogen-bond acceptors (Lipinski definition) is 7. The maximum absolute atomic E-state index is 11.3. The van der Waals surface area contributed by atoms with E-state index in [2.05, 4.69) is 9.89 Å². The van der Waals surface area contributed by atoms with Gasteiger partial charge in [0.05, 0.1) is 11.6 Å². The Morgan fingerprint density at radius 3 is 2.35 bits per heavy atom. The molecular formula is C8H12ClNO6S. The number of nitrogens with zero attached hydrogens (tertiary/aromatic N) is 1. The number of esters is 1. The molecule has 0 spiro atoms. The van der Waals surface area contributed by atoms with Gasteiger partial charge in [-0.3, -0.25) is 4.79 Å². The Morgan fingerprint density at radius 1 is 1.47 bits per heavy atom. The Kier molecular flexibility index (Phi) is 6.11. The van der Waals surface area contributed by atoms with E-state index >= 15 is 0 Å². The number of ether oxygens (including phenoxy) is 1. The molecule has 1 atom stereocenters. The summed E-state index contributed by atoms with van der Waals surface area (Å²) >= 11 is 5.16. The Morgan fingerprint density at radius 2 is 2.00 bits per heavy atom. The summed E-state index contributed by atoms with van der Waals surface area (Å²) in [5.41, 5.74) is -2.36. The fraction of sp³-hybridized carbons (Fsp3) is 0.625. The van der Waals surface area contributed by atoms with Crippen LogP contribution in [0.25, 0.3) is 0 Å². The first-order valence-corrected chi connectivity index (χ1v) is 6.78. The molecule has 0 amide bonds. The molecule has 0 saturated carbocycles. The molecule has 0 aromatic heterocycles. The molecule has 0 aliphatic rings. The van der Waals surface area contributed by atoms with Crippen molar-refractivity contribution in [3.63, 3.8) is 0 Å². The highest BCUT2D eigenvalue weighted by Gasteiger charge is 2.28. The smallest absolute Gasteiger partial charge is 0.365 e. The van der Waals surface area contributed by atoms with Gasteiger partial charge in [-0.15, -0.1) is 11.6 Å². The predicted octanol–water partition coefficient (Wildman–Crippen LogP) is -0.0516. The first kappa shape index (κ1) is 15.9. The number of oxime groups is 1. The molecule has 1 unspecified atom stereocenters. The maximum atomic E-state index is 11.3. The molecule has 0 aliphatic carbocycles. The number of hydrogen-bond donors (Lipinski definition) is 1. The van der Waals surface area contributed by atoms with E-state index in [-0.39, 0.29) is 5.75 Å². The van der Waals surface area contributed by atoms with E-state index in [1.54, 1.807) is 0 Å². The van der Waals surface area contributed by atoms with Gasteiger partial charge in [-0.2, -0.15) is 0 Å². The van der Waals surface area contributed by atoms with Crippen molar-refractivity contribution in [1.29, 1.82) is 0 Å². The molecule has 0 saturated heterocycles. The zero-order valence-electron chi connectivity index (χ0n) is 9.21. The molecule has 0 bridgehead atoms. The van der Waals surface area contributed by atoms with Crippen LogP contribution in [0, 0.1) is 0 Å². The quantitative estimate of drug-likeness (QED) is 0.183. The summed E-state index contributed by atoms with van der Waals surface area (Å²) in [5.74, 6) is -3.09. The van der Waals surface area contributed by atoms with Crippen LogP contribution in [0.1, 0.15) is 13.8 Å². The summed E-state index contributed by atoms with van der Waals surface area (Å²) in [4.78, 5) is 22.3. The first-order valence-electron chi connectivity index (χ1n) is 4.53. The molecular weight excluding hydrogens is 274 g/mol. The third-order valence-corrected chi connectivity index (χ3v) is 4.02. The van der Waals surface area contributed by atoms with Crippen molar-refractivity contribution in [2.45, 2.75) is 19.3 Å². The number of rotatable bonds is 6. The lowest BCUT2D eigenvalue weighted by atomic mass is 10.3. The normalized spacial score (nSPS) is 14.2. The number of carbonyl (C=O) groups excluding carboxylic acids is 2. The molecule has 0 rings (SSSR count). The average molecular weight is 286 g/mol. The summed E-state index contributed by atoms with van der Waals surface area (Å²) in [6.45, 7) is 2.52. The van der Waals surface area contributed by atoms with Crippen molar-refractivity contribution in [2.75, 3.05) is 11.6 Å². The highest BCUT2D eigenvalue weighted by Crippen LogP contribution is 2.05. The number of ketones is 1. The first-order chi connectivity index (χ1) is 7.80. The van der Waals surface area contributed by atoms with E-state index in [9.17, 15) is 18.0 Å². The summed E-state index contributed by atoms with van der Waals surface area (Å²) in [6.07, 6.45) is 0. The van der Waals surface area contributed by atoms with Crippen LogP contribution in [0.3, 0.4) is 0 Å². The molecule has 0 heterocycles. The van der Waals surface area contributed by atoms with Crippen LogP contribution in [-0.2, 0) is 24.2 Å². The van der Waals surface area contributed by atoms with Crippen molar-refractivity contribution >= 4 is 38.9 Å². The van der Waals surface area contributed by atoms with Gasteiger partial charge in [-0.1, -0.05) is 12.1 Å². The van der Waals surface area contributed by atoms with Gasteiger partial charge in [0.2, 0.25) is 11.5 Å². The van der Waals surface area contributed by atoms with E-state index in [0.29, 0.717) is 0 Å². The Hall–Kier alpha value is -1.15. The summed E-state index contributed by atoms with van der Waals surface area (Å²) in [7, 11) is -3.59. The van der Waals surface area contributed by atoms with Crippen LogP contribution in [0.4, 0.5) is 0 Å². The Balaban J connectivity index is 4.83. The minimum Gasteiger partial charge on any atom is -0.441 e. The average Bonchev–Trinajstić information content (AvgIpc) is 2.29. The van der Waals surface area contributed by atoms with Gasteiger partial charge in [0.25, 0.3) is 0 Å². The van der Waals surface area contributed by atoms with Gasteiger partial charge in [-0.05, 0) is 6.92 Å². The van der Waals surface area contributed by atoms with E-state index in [1.165, 1.54) is 6.92 Å². The zero-order valence-corrected chi connectivity index (χ0v) is 10.8. The van der Waals surface area contributed by atoms with E-state index in [4.69, 9.17) is 16.8 Å². The SMILES string of the molecule is CCS(=O)(=O)C(C)OC(=O)C(=NO)C(=O)CCl. The lowest BCUT2D eigenvalue weighted by Gasteiger charge is -2.12. The van der Waals surface area contributed by atoms with E-state index in [1.807, 2.05) is 0 Å². The third-order valence-electron chi connectivity index (χ3n) is 1.86. The lowest BCUT2D eigenvalue weighted by Crippen LogP contribution is -2.33. The number of alkyl halides is 1. The second-order valence-corrected chi connectivity index (χ2v) is 5.76. The lowest BCUT2D eigenvalue weighted by molar-refractivity contribution is -0.137. The molecule has 7 nitrogen and oxygen atoms in total. The number of Topliss-reactive ketones (excluding diaryl/α,β-unsaturated/α-hetero) is 1. The zero-order chi connectivity index (χ0) is 13.6. The van der Waals surface area contributed by atoms with Crippen LogP contribution in [0.5, 0.6) is 0 Å². The Bertz CT molecular complexity index is 429. The topological polar surface area (TPSA) is 110 Å². The summed E-state index contributed by atoms with van der Waals surface area (Å²) in [6, 6.07) is 0. The third kappa shape index (κ3) is 4.31. The van der Waals surface area contributed by atoms with Crippen molar-refractivity contribution in [3.8, 4) is 0 Å². The van der Waals surface area contributed by atoms with Gasteiger partial charge in [0, 0.05) is 0 Å². The van der Waals surface area contributed by atoms with Gasteiger partial charge < -0.3 is 9.94 Å². The number of sulfone groups is 1. The van der Waals surface area contributed by atoms with Gasteiger partial charge in [-0.25, -0.2) is 13.2 Å². The predicted molar refractivity (Wildman–Crippen MR) is 60.0 cm³/mol. The van der Waals surface area contributed by atoms with Crippen molar-refractivity contribution in [1.82, 2.24) is 0 Å². The van der Waals surface area contributed by atoms with Crippen LogP contribution >= 0.6 is 11.6 Å². The second kappa shape index (κ2) is 6.55. The van der Waals surface area contributed by atoms with Crippen molar-refractivity contribution < 1.29 is 28.0 Å². The summed E-state index contributed by atoms with van der Waals surface area (Å²) in [5, 5.41) is 10.9. The standard InChI is InChI=1S/C8H12ClNO6S/c1-3-17(14,15)5(2)16-8(12)7(10-13)6(11)4-9/h5,13H,3-4H2,1-2H3. The molecule has 0 aromatic carbocycles. The molecule has 9 heteroatoms.